The summed E-state index contributed by atoms with van der Waals surface area (Å²) in [7, 11) is -1.82. The molecule has 1 aliphatic heterocycles. The predicted molar refractivity (Wildman–Crippen MR) is 89.2 cm³/mol. The quantitative estimate of drug-likeness (QED) is 0.865. The molecule has 1 amide bonds. The Morgan fingerprint density at radius 3 is 2.74 bits per heavy atom. The fraction of sp³-hybridized carbons (Fsp3) is 0.562. The summed E-state index contributed by atoms with van der Waals surface area (Å²) >= 11 is 0. The minimum atomic E-state index is -3.41. The number of para-hydroxylation sites is 1. The first-order valence-corrected chi connectivity index (χ1v) is 9.43. The molecule has 0 radical (unpaired) electrons. The van der Waals surface area contributed by atoms with E-state index in [1.807, 2.05) is 24.3 Å². The fourth-order valence-corrected chi connectivity index (χ4v) is 3.49. The van der Waals surface area contributed by atoms with Gasteiger partial charge in [-0.1, -0.05) is 18.2 Å². The van der Waals surface area contributed by atoms with Crippen molar-refractivity contribution in [2.24, 2.45) is 0 Å². The van der Waals surface area contributed by atoms with Crippen LogP contribution in [-0.4, -0.2) is 57.0 Å². The Labute approximate surface area is 137 Å². The third kappa shape index (κ3) is 4.03. The van der Waals surface area contributed by atoms with Gasteiger partial charge in [0.2, 0.25) is 5.91 Å². The van der Waals surface area contributed by atoms with E-state index in [-0.39, 0.29) is 11.9 Å². The Morgan fingerprint density at radius 1 is 1.39 bits per heavy atom. The number of hydrogen-bond acceptors (Lipinski definition) is 5. The number of hydrogen-bond donors (Lipinski definition) is 1. The highest BCUT2D eigenvalue weighted by Gasteiger charge is 2.32. The fourth-order valence-electron chi connectivity index (χ4n) is 2.64. The summed E-state index contributed by atoms with van der Waals surface area (Å²) in [5.41, 5.74) is 0.887. The van der Waals surface area contributed by atoms with Crippen molar-refractivity contribution in [3.63, 3.8) is 0 Å². The van der Waals surface area contributed by atoms with Gasteiger partial charge in [0.1, 0.15) is 11.5 Å². The van der Waals surface area contributed by atoms with Crippen LogP contribution < -0.4 is 10.1 Å². The van der Waals surface area contributed by atoms with Gasteiger partial charge in [0.25, 0.3) is 0 Å². The number of carbonyl (C=O) groups excluding carboxylic acids is 1. The van der Waals surface area contributed by atoms with E-state index in [1.54, 1.807) is 25.9 Å². The van der Waals surface area contributed by atoms with E-state index in [9.17, 15) is 13.2 Å². The summed E-state index contributed by atoms with van der Waals surface area (Å²) in [5.74, 6) is -0.0992. The molecule has 1 N–H and O–H groups in total. The molecular formula is C16H24N2O4S. The summed E-state index contributed by atoms with van der Waals surface area (Å²) in [6, 6.07) is 7.29. The zero-order chi connectivity index (χ0) is 17.0. The molecule has 1 atom stereocenters. The van der Waals surface area contributed by atoms with Crippen molar-refractivity contribution in [1.82, 2.24) is 10.2 Å². The largest absolute Gasteiger partial charge is 0.496 e. The molecule has 23 heavy (non-hydrogen) atoms. The number of piperazine rings is 1. The smallest absolute Gasteiger partial charge is 0.238 e. The van der Waals surface area contributed by atoms with E-state index in [0.29, 0.717) is 25.4 Å². The van der Waals surface area contributed by atoms with Gasteiger partial charge in [0.05, 0.1) is 18.4 Å². The summed E-state index contributed by atoms with van der Waals surface area (Å²) in [4.78, 5) is 14.2. The number of benzene rings is 1. The Kier molecular flexibility index (Phi) is 5.64. The number of methoxy groups -OCH3 is 1. The van der Waals surface area contributed by atoms with Crippen molar-refractivity contribution in [1.29, 1.82) is 0 Å². The SMILES string of the molecule is COc1ccccc1C1CNCCN1C(=O)CS(=O)(=O)C(C)C. The number of nitrogens with zero attached hydrogens (tertiary/aromatic N) is 1. The molecule has 2 rings (SSSR count). The van der Waals surface area contributed by atoms with Crippen molar-refractivity contribution >= 4 is 15.7 Å². The molecule has 128 valence electrons. The van der Waals surface area contributed by atoms with Crippen molar-refractivity contribution in [2.45, 2.75) is 25.1 Å². The van der Waals surface area contributed by atoms with Crippen molar-refractivity contribution in [3.8, 4) is 5.75 Å². The van der Waals surface area contributed by atoms with E-state index >= 15 is 0 Å². The van der Waals surface area contributed by atoms with Gasteiger partial charge in [0, 0.05) is 25.2 Å². The third-order valence-corrected chi connectivity index (χ3v) is 6.19. The maximum absolute atomic E-state index is 12.6. The van der Waals surface area contributed by atoms with Gasteiger partial charge >= 0.3 is 0 Å². The lowest BCUT2D eigenvalue weighted by Gasteiger charge is -2.37. The number of sulfone groups is 1. The van der Waals surface area contributed by atoms with Gasteiger partial charge in [-0.2, -0.15) is 0 Å². The molecule has 1 heterocycles. The maximum atomic E-state index is 12.6. The van der Waals surface area contributed by atoms with Crippen molar-refractivity contribution < 1.29 is 17.9 Å². The maximum Gasteiger partial charge on any atom is 0.238 e. The van der Waals surface area contributed by atoms with Gasteiger partial charge in [-0.05, 0) is 19.9 Å². The molecule has 0 aliphatic carbocycles. The summed E-state index contributed by atoms with van der Waals surface area (Å²) < 4.78 is 29.5. The van der Waals surface area contributed by atoms with E-state index < -0.39 is 20.8 Å². The first-order chi connectivity index (χ1) is 10.9. The Bertz CT molecular complexity index is 658. The number of amides is 1. The van der Waals surface area contributed by atoms with E-state index in [4.69, 9.17) is 4.74 Å². The predicted octanol–water partition coefficient (Wildman–Crippen LogP) is 0.991. The molecule has 1 saturated heterocycles. The molecule has 0 saturated carbocycles. The van der Waals surface area contributed by atoms with Crippen LogP contribution in [0.2, 0.25) is 0 Å². The molecule has 1 unspecified atom stereocenters. The van der Waals surface area contributed by atoms with Crippen LogP contribution in [0.3, 0.4) is 0 Å². The van der Waals surface area contributed by atoms with Crippen LogP contribution in [0.4, 0.5) is 0 Å². The summed E-state index contributed by atoms with van der Waals surface area (Å²) in [6.07, 6.45) is 0. The number of rotatable bonds is 5. The second-order valence-electron chi connectivity index (χ2n) is 5.90. The van der Waals surface area contributed by atoms with Crippen molar-refractivity contribution in [3.05, 3.63) is 29.8 Å². The molecule has 7 heteroatoms. The molecule has 1 aromatic carbocycles. The van der Waals surface area contributed by atoms with Crippen LogP contribution in [-0.2, 0) is 14.6 Å². The van der Waals surface area contributed by atoms with Gasteiger partial charge in [-0.15, -0.1) is 0 Å². The highest BCUT2D eigenvalue weighted by atomic mass is 32.2. The van der Waals surface area contributed by atoms with Crippen LogP contribution >= 0.6 is 0 Å². The molecule has 0 spiro atoms. The lowest BCUT2D eigenvalue weighted by Crippen LogP contribution is -2.50. The number of nitrogens with one attached hydrogen (secondary N) is 1. The number of carbonyl (C=O) groups is 1. The lowest BCUT2D eigenvalue weighted by atomic mass is 10.0. The van der Waals surface area contributed by atoms with E-state index in [1.165, 1.54) is 0 Å². The normalized spacial score (nSPS) is 19.0. The minimum absolute atomic E-state index is 0.227. The summed E-state index contributed by atoms with van der Waals surface area (Å²) in [6.45, 7) is 4.90. The van der Waals surface area contributed by atoms with Gasteiger partial charge < -0.3 is 15.0 Å². The van der Waals surface area contributed by atoms with Gasteiger partial charge in [-0.25, -0.2) is 8.42 Å². The first kappa shape index (κ1) is 17.7. The molecule has 1 aromatic rings. The lowest BCUT2D eigenvalue weighted by molar-refractivity contribution is -0.131. The second-order valence-corrected chi connectivity index (χ2v) is 8.46. The average molecular weight is 340 g/mol. The zero-order valence-electron chi connectivity index (χ0n) is 13.8. The van der Waals surface area contributed by atoms with E-state index in [2.05, 4.69) is 5.32 Å². The minimum Gasteiger partial charge on any atom is -0.496 e. The molecule has 6 nitrogen and oxygen atoms in total. The zero-order valence-corrected chi connectivity index (χ0v) is 14.6. The standard InChI is InChI=1S/C16H24N2O4S/c1-12(2)23(20,21)11-16(19)18-9-8-17-10-14(18)13-6-4-5-7-15(13)22-3/h4-7,12,14,17H,8-11H2,1-3H3. The monoisotopic (exact) mass is 340 g/mol. The Morgan fingerprint density at radius 2 is 2.09 bits per heavy atom. The molecule has 1 aliphatic rings. The van der Waals surface area contributed by atoms with Crippen LogP contribution in [0.5, 0.6) is 5.75 Å². The Hall–Kier alpha value is -1.60. The topological polar surface area (TPSA) is 75.7 Å². The van der Waals surface area contributed by atoms with Crippen LogP contribution in [0.1, 0.15) is 25.5 Å². The molecular weight excluding hydrogens is 316 g/mol. The van der Waals surface area contributed by atoms with Gasteiger partial charge in [0.15, 0.2) is 9.84 Å². The van der Waals surface area contributed by atoms with Crippen molar-refractivity contribution in [2.75, 3.05) is 32.5 Å². The molecule has 1 fully saturated rings. The Balaban J connectivity index is 2.27. The average Bonchev–Trinajstić information content (AvgIpc) is 2.54. The number of ether oxygens (including phenoxy) is 1. The van der Waals surface area contributed by atoms with Gasteiger partial charge in [-0.3, -0.25) is 4.79 Å². The van der Waals surface area contributed by atoms with E-state index in [0.717, 1.165) is 5.56 Å². The summed E-state index contributed by atoms with van der Waals surface area (Å²) in [5, 5.41) is 2.70. The van der Waals surface area contributed by atoms with Crippen LogP contribution in [0.25, 0.3) is 0 Å². The van der Waals surface area contributed by atoms with Crippen LogP contribution in [0.15, 0.2) is 24.3 Å². The molecule has 0 aromatic heterocycles. The highest BCUT2D eigenvalue weighted by molar-refractivity contribution is 7.92. The second kappa shape index (κ2) is 7.31. The van der Waals surface area contributed by atoms with Crippen LogP contribution in [0, 0.1) is 0 Å². The first-order valence-electron chi connectivity index (χ1n) is 7.71. The third-order valence-electron chi connectivity index (χ3n) is 4.10. The molecule has 0 bridgehead atoms. The highest BCUT2D eigenvalue weighted by Crippen LogP contribution is 2.30.